The van der Waals surface area contributed by atoms with Crippen molar-refractivity contribution in [1.29, 1.82) is 0 Å². The lowest BCUT2D eigenvalue weighted by molar-refractivity contribution is -0.114. The van der Waals surface area contributed by atoms with Crippen molar-refractivity contribution < 1.29 is 14.3 Å². The largest absolute Gasteiger partial charge is 0.454 e. The van der Waals surface area contributed by atoms with Crippen molar-refractivity contribution in [2.45, 2.75) is 32.9 Å². The Morgan fingerprint density at radius 3 is 3.00 bits per heavy atom. The van der Waals surface area contributed by atoms with E-state index in [2.05, 4.69) is 39.2 Å². The van der Waals surface area contributed by atoms with E-state index in [0.29, 0.717) is 5.95 Å². The average molecular weight is 340 g/mol. The molecule has 7 heteroatoms. The van der Waals surface area contributed by atoms with E-state index >= 15 is 0 Å². The zero-order valence-electron chi connectivity index (χ0n) is 14.3. The second-order valence-electron chi connectivity index (χ2n) is 6.36. The molecule has 130 valence electrons. The van der Waals surface area contributed by atoms with Crippen LogP contribution in [-0.4, -0.2) is 34.1 Å². The third-order valence-corrected chi connectivity index (χ3v) is 4.68. The minimum atomic E-state index is -0.159. The standard InChI is InChI=1S/C18H20N4O3/c1-11(13-3-4-16-17(7-13)25-10-24-16)22-6-5-15-14(9-22)8-19-18(21-15)20-12(2)23/h3-4,7-8,11H,5-6,9-10H2,1-2H3,(H,19,20,21,23). The maximum atomic E-state index is 11.1. The predicted molar refractivity (Wildman–Crippen MR) is 91.4 cm³/mol. The highest BCUT2D eigenvalue weighted by atomic mass is 16.7. The number of nitrogens with one attached hydrogen (secondary N) is 1. The molecule has 2 aliphatic heterocycles. The molecule has 7 nitrogen and oxygen atoms in total. The third kappa shape index (κ3) is 3.15. The normalized spacial score (nSPS) is 17.0. The van der Waals surface area contributed by atoms with Gasteiger partial charge in [-0.25, -0.2) is 9.97 Å². The van der Waals surface area contributed by atoms with Crippen LogP contribution < -0.4 is 14.8 Å². The fourth-order valence-electron chi connectivity index (χ4n) is 3.27. The Hall–Kier alpha value is -2.67. The van der Waals surface area contributed by atoms with Crippen LogP contribution >= 0.6 is 0 Å². The van der Waals surface area contributed by atoms with Crippen LogP contribution in [0.15, 0.2) is 24.4 Å². The number of nitrogens with zero attached hydrogens (tertiary/aromatic N) is 3. The molecule has 0 saturated heterocycles. The van der Waals surface area contributed by atoms with Gasteiger partial charge in [0.15, 0.2) is 11.5 Å². The van der Waals surface area contributed by atoms with Gasteiger partial charge in [0.05, 0.1) is 5.69 Å². The molecule has 4 rings (SSSR count). The maximum absolute atomic E-state index is 11.1. The average Bonchev–Trinajstić information content (AvgIpc) is 3.07. The van der Waals surface area contributed by atoms with Gasteiger partial charge in [-0.1, -0.05) is 6.07 Å². The van der Waals surface area contributed by atoms with Gasteiger partial charge in [0.2, 0.25) is 18.6 Å². The summed E-state index contributed by atoms with van der Waals surface area (Å²) < 4.78 is 10.9. The summed E-state index contributed by atoms with van der Waals surface area (Å²) in [4.78, 5) is 22.2. The first-order valence-electron chi connectivity index (χ1n) is 8.36. The van der Waals surface area contributed by atoms with Crippen molar-refractivity contribution in [2.75, 3.05) is 18.7 Å². The van der Waals surface area contributed by atoms with Gasteiger partial charge in [0.1, 0.15) is 0 Å². The summed E-state index contributed by atoms with van der Waals surface area (Å²) in [5.74, 6) is 1.83. The van der Waals surface area contributed by atoms with Crippen molar-refractivity contribution in [3.8, 4) is 11.5 Å². The van der Waals surface area contributed by atoms with Gasteiger partial charge in [-0.3, -0.25) is 15.0 Å². The van der Waals surface area contributed by atoms with Gasteiger partial charge in [0.25, 0.3) is 0 Å². The molecule has 1 aromatic carbocycles. The van der Waals surface area contributed by atoms with Crippen LogP contribution in [0, 0.1) is 0 Å². The molecule has 1 atom stereocenters. The van der Waals surface area contributed by atoms with Gasteiger partial charge >= 0.3 is 0 Å². The quantitative estimate of drug-likeness (QED) is 0.924. The molecular weight excluding hydrogens is 320 g/mol. The second-order valence-corrected chi connectivity index (χ2v) is 6.36. The van der Waals surface area contributed by atoms with Crippen LogP contribution in [0.4, 0.5) is 5.95 Å². The van der Waals surface area contributed by atoms with E-state index in [1.54, 1.807) is 0 Å². The van der Waals surface area contributed by atoms with Gasteiger partial charge in [-0.15, -0.1) is 0 Å². The smallest absolute Gasteiger partial charge is 0.231 e. The number of anilines is 1. The van der Waals surface area contributed by atoms with Crippen molar-refractivity contribution in [2.24, 2.45) is 0 Å². The van der Waals surface area contributed by atoms with E-state index in [4.69, 9.17) is 9.47 Å². The first-order chi connectivity index (χ1) is 12.1. The Balaban J connectivity index is 1.51. The van der Waals surface area contributed by atoms with Crippen molar-refractivity contribution in [3.63, 3.8) is 0 Å². The van der Waals surface area contributed by atoms with Crippen LogP contribution in [0.2, 0.25) is 0 Å². The number of hydrogen-bond donors (Lipinski definition) is 1. The lowest BCUT2D eigenvalue weighted by atomic mass is 10.0. The third-order valence-electron chi connectivity index (χ3n) is 4.68. The van der Waals surface area contributed by atoms with Crippen molar-refractivity contribution in [3.05, 3.63) is 41.2 Å². The molecule has 3 heterocycles. The molecule has 1 unspecified atom stereocenters. The van der Waals surface area contributed by atoms with E-state index in [1.807, 2.05) is 12.3 Å². The molecule has 0 spiro atoms. The summed E-state index contributed by atoms with van der Waals surface area (Å²) in [6.45, 7) is 5.62. The fraction of sp³-hybridized carbons (Fsp3) is 0.389. The molecule has 0 aliphatic carbocycles. The topological polar surface area (TPSA) is 76.6 Å². The molecule has 2 aromatic rings. The number of rotatable bonds is 3. The molecule has 1 N–H and O–H groups in total. The minimum absolute atomic E-state index is 0.159. The first-order valence-corrected chi connectivity index (χ1v) is 8.36. The zero-order chi connectivity index (χ0) is 17.4. The van der Waals surface area contributed by atoms with Crippen molar-refractivity contribution in [1.82, 2.24) is 14.9 Å². The summed E-state index contributed by atoms with van der Waals surface area (Å²) >= 11 is 0. The number of carbonyl (C=O) groups excluding carboxylic acids is 1. The molecule has 0 bridgehead atoms. The summed E-state index contributed by atoms with van der Waals surface area (Å²) in [6, 6.07) is 6.36. The highest BCUT2D eigenvalue weighted by Gasteiger charge is 2.25. The molecular formula is C18H20N4O3. The number of aromatic nitrogens is 2. The van der Waals surface area contributed by atoms with Gasteiger partial charge < -0.3 is 9.47 Å². The summed E-state index contributed by atoms with van der Waals surface area (Å²) in [5.41, 5.74) is 3.31. The van der Waals surface area contributed by atoms with Crippen LogP contribution in [0.3, 0.4) is 0 Å². The summed E-state index contributed by atoms with van der Waals surface area (Å²) in [6.07, 6.45) is 2.64. The molecule has 0 radical (unpaired) electrons. The molecule has 1 amide bonds. The first kappa shape index (κ1) is 15.8. The number of amides is 1. The Morgan fingerprint density at radius 1 is 1.32 bits per heavy atom. The van der Waals surface area contributed by atoms with Crippen LogP contribution in [0.5, 0.6) is 11.5 Å². The van der Waals surface area contributed by atoms with Gasteiger partial charge in [-0.2, -0.15) is 0 Å². The highest BCUT2D eigenvalue weighted by molar-refractivity contribution is 5.86. The Morgan fingerprint density at radius 2 is 2.16 bits per heavy atom. The van der Waals surface area contributed by atoms with Crippen LogP contribution in [0.1, 0.15) is 36.7 Å². The maximum Gasteiger partial charge on any atom is 0.231 e. The van der Waals surface area contributed by atoms with E-state index in [-0.39, 0.29) is 18.7 Å². The van der Waals surface area contributed by atoms with E-state index in [0.717, 1.165) is 42.3 Å². The molecule has 0 fully saturated rings. The number of ether oxygens (including phenoxy) is 2. The van der Waals surface area contributed by atoms with Gasteiger partial charge in [-0.05, 0) is 24.6 Å². The fourth-order valence-corrected chi connectivity index (χ4v) is 3.27. The summed E-state index contributed by atoms with van der Waals surface area (Å²) in [5, 5.41) is 2.64. The van der Waals surface area contributed by atoms with Gasteiger partial charge in [0, 0.05) is 44.2 Å². The van der Waals surface area contributed by atoms with E-state index < -0.39 is 0 Å². The number of hydrogen-bond acceptors (Lipinski definition) is 6. The minimum Gasteiger partial charge on any atom is -0.454 e. The highest BCUT2D eigenvalue weighted by Crippen LogP contribution is 2.36. The number of benzene rings is 1. The molecule has 1 aromatic heterocycles. The van der Waals surface area contributed by atoms with E-state index in [9.17, 15) is 4.79 Å². The Kier molecular flexibility index (Phi) is 4.01. The second kappa shape index (κ2) is 6.33. The molecule has 2 aliphatic rings. The number of carbonyl (C=O) groups is 1. The summed E-state index contributed by atoms with van der Waals surface area (Å²) in [7, 11) is 0. The number of fused-ring (bicyclic) bond motifs is 2. The SMILES string of the molecule is CC(=O)Nc1ncc2c(n1)CCN(C(C)c1ccc3c(c1)OCO3)C2. The molecule has 0 saturated carbocycles. The van der Waals surface area contributed by atoms with Crippen LogP contribution in [-0.2, 0) is 17.8 Å². The van der Waals surface area contributed by atoms with Crippen LogP contribution in [0.25, 0.3) is 0 Å². The Labute approximate surface area is 146 Å². The molecule has 25 heavy (non-hydrogen) atoms. The lowest BCUT2D eigenvalue weighted by Crippen LogP contribution is -2.33. The predicted octanol–water partition coefficient (Wildman–Crippen LogP) is 2.28. The Bertz CT molecular complexity index is 824. The van der Waals surface area contributed by atoms with Crippen molar-refractivity contribution >= 4 is 11.9 Å². The zero-order valence-corrected chi connectivity index (χ0v) is 14.3. The monoisotopic (exact) mass is 340 g/mol. The van der Waals surface area contributed by atoms with E-state index in [1.165, 1.54) is 12.5 Å². The lowest BCUT2D eigenvalue weighted by Gasteiger charge is -2.33.